The molecule has 1 aromatic carbocycles. The number of aliphatic hydroxyl groups is 1. The van der Waals surface area contributed by atoms with Crippen molar-refractivity contribution in [2.24, 2.45) is 0 Å². The van der Waals surface area contributed by atoms with E-state index in [2.05, 4.69) is 5.32 Å². The topological polar surface area (TPSA) is 50.7 Å². The molecule has 0 aromatic heterocycles. The van der Waals surface area contributed by atoms with Crippen LogP contribution in [0.3, 0.4) is 0 Å². The first-order valence-electron chi connectivity index (χ1n) is 5.46. The molecule has 0 amide bonds. The van der Waals surface area contributed by atoms with Gasteiger partial charge in [0, 0.05) is 19.3 Å². The van der Waals surface area contributed by atoms with Crippen molar-refractivity contribution in [3.63, 3.8) is 0 Å². The lowest BCUT2D eigenvalue weighted by molar-refractivity contribution is 0.0182. The van der Waals surface area contributed by atoms with Crippen molar-refractivity contribution in [2.45, 2.75) is 6.10 Å². The van der Waals surface area contributed by atoms with E-state index in [0.29, 0.717) is 25.4 Å². The Hall–Kier alpha value is -1.17. The van der Waals surface area contributed by atoms with Crippen LogP contribution in [-0.2, 0) is 9.47 Å². The number of rotatable bonds is 8. The van der Waals surface area contributed by atoms with Gasteiger partial charge >= 0.3 is 0 Å². The minimum atomic E-state index is -0.630. The Morgan fingerprint density at radius 2 is 2.24 bits per heavy atom. The second-order valence-electron chi connectivity index (χ2n) is 3.61. The van der Waals surface area contributed by atoms with Crippen LogP contribution in [0, 0.1) is 5.82 Å². The van der Waals surface area contributed by atoms with Crippen molar-refractivity contribution in [2.75, 3.05) is 38.8 Å². The van der Waals surface area contributed by atoms with Crippen LogP contribution in [-0.4, -0.2) is 44.7 Å². The molecule has 0 saturated heterocycles. The fourth-order valence-corrected chi connectivity index (χ4v) is 1.25. The molecule has 1 rings (SSSR count). The zero-order valence-corrected chi connectivity index (χ0v) is 9.86. The highest BCUT2D eigenvalue weighted by Crippen LogP contribution is 2.08. The Kier molecular flexibility index (Phi) is 6.54. The average molecular weight is 243 g/mol. The Morgan fingerprint density at radius 3 is 2.94 bits per heavy atom. The van der Waals surface area contributed by atoms with Crippen LogP contribution in [0.2, 0.25) is 0 Å². The number of anilines is 1. The number of nitrogens with one attached hydrogen (secondary N) is 1. The van der Waals surface area contributed by atoms with Crippen LogP contribution in [0.1, 0.15) is 0 Å². The van der Waals surface area contributed by atoms with Gasteiger partial charge in [-0.2, -0.15) is 0 Å². The van der Waals surface area contributed by atoms with Crippen molar-refractivity contribution >= 4 is 5.69 Å². The zero-order valence-electron chi connectivity index (χ0n) is 9.86. The standard InChI is InChI=1S/C12H18FNO3/c1-16-5-6-17-9-12(15)8-14-11-4-2-3-10(13)7-11/h2-4,7,12,14-15H,5-6,8-9H2,1H3. The molecule has 96 valence electrons. The zero-order chi connectivity index (χ0) is 12.5. The van der Waals surface area contributed by atoms with Gasteiger partial charge in [-0.05, 0) is 18.2 Å². The summed E-state index contributed by atoms with van der Waals surface area (Å²) in [4.78, 5) is 0. The molecule has 1 atom stereocenters. The third kappa shape index (κ3) is 6.21. The molecule has 0 aliphatic rings. The predicted octanol–water partition coefficient (Wildman–Crippen LogP) is 1.26. The fourth-order valence-electron chi connectivity index (χ4n) is 1.25. The Labute approximate surface area is 100 Å². The Balaban J connectivity index is 2.17. The van der Waals surface area contributed by atoms with E-state index in [1.165, 1.54) is 12.1 Å². The lowest BCUT2D eigenvalue weighted by Crippen LogP contribution is -2.25. The maximum atomic E-state index is 12.8. The van der Waals surface area contributed by atoms with Gasteiger partial charge in [-0.25, -0.2) is 4.39 Å². The summed E-state index contributed by atoms with van der Waals surface area (Å²) in [5.41, 5.74) is 0.640. The number of aliphatic hydroxyl groups excluding tert-OH is 1. The van der Waals surface area contributed by atoms with Crippen LogP contribution in [0.25, 0.3) is 0 Å². The second kappa shape index (κ2) is 8.00. The maximum Gasteiger partial charge on any atom is 0.125 e. The highest BCUT2D eigenvalue weighted by Gasteiger charge is 2.04. The maximum absolute atomic E-state index is 12.8. The van der Waals surface area contributed by atoms with Gasteiger partial charge in [0.2, 0.25) is 0 Å². The molecule has 0 aliphatic carbocycles. The Bertz CT molecular complexity index is 322. The molecule has 0 saturated carbocycles. The predicted molar refractivity (Wildman–Crippen MR) is 63.6 cm³/mol. The first-order chi connectivity index (χ1) is 8.22. The summed E-state index contributed by atoms with van der Waals surface area (Å²) in [5.74, 6) is -0.305. The molecular formula is C12H18FNO3. The molecule has 0 spiro atoms. The molecule has 1 aromatic rings. The van der Waals surface area contributed by atoms with Gasteiger partial charge in [-0.1, -0.05) is 6.07 Å². The lowest BCUT2D eigenvalue weighted by Gasteiger charge is -2.13. The highest BCUT2D eigenvalue weighted by molar-refractivity contribution is 5.43. The van der Waals surface area contributed by atoms with Gasteiger partial charge in [0.15, 0.2) is 0 Å². The van der Waals surface area contributed by atoms with Crippen LogP contribution >= 0.6 is 0 Å². The van der Waals surface area contributed by atoms with Crippen molar-refractivity contribution < 1.29 is 19.0 Å². The minimum absolute atomic E-state index is 0.228. The van der Waals surface area contributed by atoms with Crippen LogP contribution in [0.5, 0.6) is 0 Å². The van der Waals surface area contributed by atoms with Crippen molar-refractivity contribution in [3.05, 3.63) is 30.1 Å². The van der Waals surface area contributed by atoms with E-state index >= 15 is 0 Å². The highest BCUT2D eigenvalue weighted by atomic mass is 19.1. The van der Waals surface area contributed by atoms with Gasteiger partial charge in [0.05, 0.1) is 25.9 Å². The van der Waals surface area contributed by atoms with Crippen molar-refractivity contribution in [3.8, 4) is 0 Å². The normalized spacial score (nSPS) is 12.4. The number of benzene rings is 1. The van der Waals surface area contributed by atoms with Crippen LogP contribution in [0.4, 0.5) is 10.1 Å². The van der Waals surface area contributed by atoms with Gasteiger partial charge < -0.3 is 19.9 Å². The quantitative estimate of drug-likeness (QED) is 0.675. The van der Waals surface area contributed by atoms with E-state index in [0.717, 1.165) is 0 Å². The van der Waals surface area contributed by atoms with Crippen LogP contribution < -0.4 is 5.32 Å². The monoisotopic (exact) mass is 243 g/mol. The molecule has 4 nitrogen and oxygen atoms in total. The average Bonchev–Trinajstić information content (AvgIpc) is 2.32. The van der Waals surface area contributed by atoms with Gasteiger partial charge in [0.1, 0.15) is 5.82 Å². The summed E-state index contributed by atoms with van der Waals surface area (Å²) in [6.45, 7) is 1.50. The third-order valence-corrected chi connectivity index (χ3v) is 2.11. The van der Waals surface area contributed by atoms with Crippen molar-refractivity contribution in [1.82, 2.24) is 0 Å². The molecule has 0 heterocycles. The van der Waals surface area contributed by atoms with E-state index in [4.69, 9.17) is 9.47 Å². The van der Waals surface area contributed by atoms with Gasteiger partial charge in [-0.3, -0.25) is 0 Å². The summed E-state index contributed by atoms with van der Waals surface area (Å²) in [6.07, 6.45) is -0.630. The van der Waals surface area contributed by atoms with E-state index in [9.17, 15) is 9.50 Å². The summed E-state index contributed by atoms with van der Waals surface area (Å²) in [7, 11) is 1.59. The minimum Gasteiger partial charge on any atom is -0.389 e. The molecule has 17 heavy (non-hydrogen) atoms. The summed E-state index contributed by atoms with van der Waals surface area (Å²) >= 11 is 0. The molecule has 0 radical (unpaired) electrons. The first kappa shape index (κ1) is 13.9. The van der Waals surface area contributed by atoms with Gasteiger partial charge in [-0.15, -0.1) is 0 Å². The van der Waals surface area contributed by atoms with E-state index in [1.54, 1.807) is 19.2 Å². The van der Waals surface area contributed by atoms with E-state index in [1.807, 2.05) is 0 Å². The van der Waals surface area contributed by atoms with E-state index in [-0.39, 0.29) is 12.4 Å². The second-order valence-corrected chi connectivity index (χ2v) is 3.61. The lowest BCUT2D eigenvalue weighted by atomic mass is 10.3. The summed E-state index contributed by atoms with van der Waals surface area (Å²) in [5, 5.41) is 12.5. The Morgan fingerprint density at radius 1 is 1.41 bits per heavy atom. The molecule has 2 N–H and O–H groups in total. The molecule has 5 heteroatoms. The molecule has 0 fully saturated rings. The summed E-state index contributed by atoms with van der Waals surface area (Å²) < 4.78 is 22.8. The smallest absolute Gasteiger partial charge is 0.125 e. The fraction of sp³-hybridized carbons (Fsp3) is 0.500. The number of halogens is 1. The SMILES string of the molecule is COCCOCC(O)CNc1cccc(F)c1. The van der Waals surface area contributed by atoms with Crippen LogP contribution in [0.15, 0.2) is 24.3 Å². The summed E-state index contributed by atoms with van der Waals surface area (Å²) in [6, 6.07) is 6.09. The number of methoxy groups -OCH3 is 1. The third-order valence-electron chi connectivity index (χ3n) is 2.11. The number of hydrogen-bond acceptors (Lipinski definition) is 4. The molecular weight excluding hydrogens is 225 g/mol. The first-order valence-corrected chi connectivity index (χ1v) is 5.46. The van der Waals surface area contributed by atoms with Crippen molar-refractivity contribution in [1.29, 1.82) is 0 Å². The molecule has 0 aliphatic heterocycles. The number of hydrogen-bond donors (Lipinski definition) is 2. The largest absolute Gasteiger partial charge is 0.389 e. The van der Waals surface area contributed by atoms with Gasteiger partial charge in [0.25, 0.3) is 0 Å². The van der Waals surface area contributed by atoms with E-state index < -0.39 is 6.10 Å². The molecule has 0 bridgehead atoms. The molecule has 1 unspecified atom stereocenters. The number of ether oxygens (including phenoxy) is 2.